The molecule has 1 aromatic heterocycles. The summed E-state index contributed by atoms with van der Waals surface area (Å²) in [6.07, 6.45) is 3.94. The zero-order chi connectivity index (χ0) is 13.1. The molecular weight excluding hydrogens is 316 g/mol. The average molecular weight is 328 g/mol. The summed E-state index contributed by atoms with van der Waals surface area (Å²) in [5, 5.41) is 4.71. The first kappa shape index (κ1) is 13.3. The number of halogens is 2. The zero-order valence-electron chi connectivity index (χ0n) is 9.86. The molecule has 0 aliphatic carbocycles. The monoisotopic (exact) mass is 326 g/mol. The van der Waals surface area contributed by atoms with Crippen LogP contribution < -0.4 is 0 Å². The van der Waals surface area contributed by atoms with Crippen LogP contribution >= 0.6 is 27.5 Å². The number of Topliss-reactive ketones (excluding diaryl/α,β-unsaturated/α-hetero) is 1. The Bertz CT molecular complexity index is 580. The van der Waals surface area contributed by atoms with Crippen LogP contribution in [-0.2, 0) is 13.0 Å². The molecule has 18 heavy (non-hydrogen) atoms. The first-order valence-electron chi connectivity index (χ1n) is 5.59. The Hall–Kier alpha value is -1.13. The van der Waals surface area contributed by atoms with Crippen LogP contribution in [0.25, 0.3) is 0 Å². The molecule has 0 bridgehead atoms. The van der Waals surface area contributed by atoms with Crippen LogP contribution in [0.5, 0.6) is 0 Å². The topological polar surface area (TPSA) is 34.9 Å². The molecule has 0 unspecified atom stereocenters. The molecule has 3 nitrogen and oxygen atoms in total. The maximum absolute atomic E-state index is 12.2. The standard InChI is InChI=1S/C13H12BrClN2O/c1-2-17-8-9(7-16-17)5-13(18)11-6-10(15)3-4-12(11)14/h3-4,6-8H,2,5H2,1H3. The molecule has 0 radical (unpaired) electrons. The zero-order valence-corrected chi connectivity index (χ0v) is 12.2. The Morgan fingerprint density at radius 2 is 2.28 bits per heavy atom. The van der Waals surface area contributed by atoms with Gasteiger partial charge >= 0.3 is 0 Å². The van der Waals surface area contributed by atoms with Gasteiger partial charge in [-0.3, -0.25) is 9.48 Å². The average Bonchev–Trinajstić information content (AvgIpc) is 2.80. The Morgan fingerprint density at radius 1 is 1.50 bits per heavy atom. The predicted octanol–water partition coefficient (Wildman–Crippen LogP) is 3.74. The highest BCUT2D eigenvalue weighted by molar-refractivity contribution is 9.10. The van der Waals surface area contributed by atoms with Crippen LogP contribution in [0.3, 0.4) is 0 Å². The van der Waals surface area contributed by atoms with Crippen molar-refractivity contribution in [3.8, 4) is 0 Å². The highest BCUT2D eigenvalue weighted by Crippen LogP contribution is 2.22. The van der Waals surface area contributed by atoms with Crippen LogP contribution in [0.1, 0.15) is 22.8 Å². The van der Waals surface area contributed by atoms with Crippen molar-refractivity contribution in [3.05, 3.63) is 51.2 Å². The second-order valence-corrected chi connectivity index (χ2v) is 5.22. The van der Waals surface area contributed by atoms with Gasteiger partial charge in [-0.1, -0.05) is 27.5 Å². The summed E-state index contributed by atoms with van der Waals surface area (Å²) in [7, 11) is 0. The van der Waals surface area contributed by atoms with Crippen LogP contribution in [0.15, 0.2) is 35.1 Å². The van der Waals surface area contributed by atoms with E-state index in [1.165, 1.54) is 0 Å². The van der Waals surface area contributed by atoms with Crippen molar-refractivity contribution in [1.82, 2.24) is 9.78 Å². The second-order valence-electron chi connectivity index (χ2n) is 3.93. The summed E-state index contributed by atoms with van der Waals surface area (Å²) in [5.41, 5.74) is 1.51. The Morgan fingerprint density at radius 3 is 2.94 bits per heavy atom. The van der Waals surface area contributed by atoms with Crippen LogP contribution in [-0.4, -0.2) is 15.6 Å². The van der Waals surface area contributed by atoms with Gasteiger partial charge in [0.1, 0.15) is 0 Å². The van der Waals surface area contributed by atoms with Gasteiger partial charge in [-0.2, -0.15) is 5.10 Å². The fourth-order valence-electron chi connectivity index (χ4n) is 1.66. The molecular formula is C13H12BrClN2O. The first-order chi connectivity index (χ1) is 8.60. The Balaban J connectivity index is 2.19. The number of aryl methyl sites for hydroxylation is 1. The van der Waals surface area contributed by atoms with Crippen molar-refractivity contribution >= 4 is 33.3 Å². The summed E-state index contributed by atoms with van der Waals surface area (Å²) in [4.78, 5) is 12.2. The van der Waals surface area contributed by atoms with Crippen LogP contribution in [0.4, 0.5) is 0 Å². The fourth-order valence-corrected chi connectivity index (χ4v) is 2.30. The number of benzene rings is 1. The smallest absolute Gasteiger partial charge is 0.168 e. The summed E-state index contributed by atoms with van der Waals surface area (Å²) in [6.45, 7) is 2.81. The lowest BCUT2D eigenvalue weighted by Gasteiger charge is -2.03. The minimum atomic E-state index is 0.0278. The van der Waals surface area contributed by atoms with Crippen LogP contribution in [0.2, 0.25) is 5.02 Å². The van der Waals surface area contributed by atoms with Gasteiger partial charge in [0.25, 0.3) is 0 Å². The van der Waals surface area contributed by atoms with Gasteiger partial charge in [0.15, 0.2) is 5.78 Å². The van der Waals surface area contributed by atoms with Crippen molar-refractivity contribution < 1.29 is 4.79 Å². The summed E-state index contributed by atoms with van der Waals surface area (Å²) >= 11 is 9.26. The SMILES string of the molecule is CCn1cc(CC(=O)c2cc(Cl)ccc2Br)cn1. The molecule has 5 heteroatoms. The highest BCUT2D eigenvalue weighted by Gasteiger charge is 2.12. The lowest BCUT2D eigenvalue weighted by molar-refractivity contribution is 0.0992. The molecule has 2 rings (SSSR count). The Kier molecular flexibility index (Phi) is 4.19. The van der Waals surface area contributed by atoms with E-state index in [1.807, 2.05) is 13.1 Å². The van der Waals surface area contributed by atoms with Gasteiger partial charge < -0.3 is 0 Å². The maximum Gasteiger partial charge on any atom is 0.168 e. The van der Waals surface area contributed by atoms with E-state index in [1.54, 1.807) is 29.1 Å². The normalized spacial score (nSPS) is 10.6. The number of hydrogen-bond donors (Lipinski definition) is 0. The molecule has 0 fully saturated rings. The summed E-state index contributed by atoms with van der Waals surface area (Å²) in [6, 6.07) is 5.21. The van der Waals surface area contributed by atoms with Crippen molar-refractivity contribution in [1.29, 1.82) is 0 Å². The predicted molar refractivity (Wildman–Crippen MR) is 75.1 cm³/mol. The minimum absolute atomic E-state index is 0.0278. The quantitative estimate of drug-likeness (QED) is 0.802. The molecule has 0 spiro atoms. The third kappa shape index (κ3) is 3.00. The minimum Gasteiger partial charge on any atom is -0.294 e. The third-order valence-corrected chi connectivity index (χ3v) is 3.53. The van der Waals surface area contributed by atoms with Crippen LogP contribution in [0, 0.1) is 0 Å². The van der Waals surface area contributed by atoms with E-state index in [0.29, 0.717) is 17.0 Å². The molecule has 0 atom stereocenters. The number of carbonyl (C=O) groups is 1. The number of hydrogen-bond acceptors (Lipinski definition) is 2. The number of nitrogens with zero attached hydrogens (tertiary/aromatic N) is 2. The largest absolute Gasteiger partial charge is 0.294 e. The summed E-state index contributed by atoms with van der Waals surface area (Å²) in [5.74, 6) is 0.0278. The molecule has 0 N–H and O–H groups in total. The third-order valence-electron chi connectivity index (χ3n) is 2.60. The van der Waals surface area contributed by atoms with E-state index in [2.05, 4.69) is 21.0 Å². The maximum atomic E-state index is 12.2. The molecule has 0 aliphatic rings. The van der Waals surface area contributed by atoms with Crippen molar-refractivity contribution in [2.45, 2.75) is 19.9 Å². The van der Waals surface area contributed by atoms with Crippen molar-refractivity contribution in [2.75, 3.05) is 0 Å². The van der Waals surface area contributed by atoms with E-state index in [0.717, 1.165) is 16.6 Å². The molecule has 0 amide bonds. The van der Waals surface area contributed by atoms with Gasteiger partial charge in [-0.05, 0) is 30.7 Å². The second kappa shape index (κ2) is 5.67. The molecule has 0 aliphatic heterocycles. The lowest BCUT2D eigenvalue weighted by atomic mass is 10.1. The lowest BCUT2D eigenvalue weighted by Crippen LogP contribution is -2.04. The molecule has 0 saturated carbocycles. The molecule has 0 saturated heterocycles. The highest BCUT2D eigenvalue weighted by atomic mass is 79.9. The van der Waals surface area contributed by atoms with E-state index in [9.17, 15) is 4.79 Å². The van der Waals surface area contributed by atoms with Gasteiger partial charge in [-0.25, -0.2) is 0 Å². The first-order valence-corrected chi connectivity index (χ1v) is 6.77. The molecule has 2 aromatic rings. The van der Waals surface area contributed by atoms with Gasteiger partial charge in [-0.15, -0.1) is 0 Å². The number of ketones is 1. The fraction of sp³-hybridized carbons (Fsp3) is 0.231. The summed E-state index contributed by atoms with van der Waals surface area (Å²) < 4.78 is 2.56. The number of carbonyl (C=O) groups excluding carboxylic acids is 1. The van der Waals surface area contributed by atoms with E-state index < -0.39 is 0 Å². The van der Waals surface area contributed by atoms with E-state index in [-0.39, 0.29) is 5.78 Å². The Labute approximate surface area is 119 Å². The van der Waals surface area contributed by atoms with Crippen molar-refractivity contribution in [3.63, 3.8) is 0 Å². The van der Waals surface area contributed by atoms with Gasteiger partial charge in [0, 0.05) is 34.2 Å². The molecule has 1 heterocycles. The van der Waals surface area contributed by atoms with Crippen molar-refractivity contribution in [2.24, 2.45) is 0 Å². The molecule has 94 valence electrons. The van der Waals surface area contributed by atoms with Gasteiger partial charge in [0.2, 0.25) is 0 Å². The van der Waals surface area contributed by atoms with E-state index >= 15 is 0 Å². The number of rotatable bonds is 4. The molecule has 1 aromatic carbocycles. The van der Waals surface area contributed by atoms with E-state index in [4.69, 9.17) is 11.6 Å². The van der Waals surface area contributed by atoms with Gasteiger partial charge in [0.05, 0.1) is 6.20 Å². The number of aromatic nitrogens is 2.